The Morgan fingerprint density at radius 3 is 2.34 bits per heavy atom. The van der Waals surface area contributed by atoms with Gasteiger partial charge in [0, 0.05) is 23.2 Å². The molecule has 2 heterocycles. The lowest BCUT2D eigenvalue weighted by molar-refractivity contribution is -0.0661. The molecule has 1 atom stereocenters. The lowest BCUT2D eigenvalue weighted by Crippen LogP contribution is -2.57. The fourth-order valence-electron chi connectivity index (χ4n) is 6.46. The average molecular weight is 655 g/mol. The van der Waals surface area contributed by atoms with Gasteiger partial charge in [-0.3, -0.25) is 4.79 Å². The molecule has 47 heavy (non-hydrogen) atoms. The van der Waals surface area contributed by atoms with Crippen LogP contribution in [0.2, 0.25) is 0 Å². The Hall–Kier alpha value is -4.28. The van der Waals surface area contributed by atoms with Gasteiger partial charge in [0.05, 0.1) is 29.3 Å². The number of anilines is 1. The minimum atomic E-state index is -4.14. The van der Waals surface area contributed by atoms with Crippen LogP contribution in [0.25, 0.3) is 11.3 Å². The second-order valence-electron chi connectivity index (χ2n) is 13.8. The molecule has 3 aromatic carbocycles. The first-order chi connectivity index (χ1) is 22.4. The Morgan fingerprint density at radius 1 is 0.936 bits per heavy atom. The molecule has 0 spiro atoms. The van der Waals surface area contributed by atoms with Crippen molar-refractivity contribution >= 4 is 21.9 Å². The standard InChI is InChI=1S/C37H42N4O5S/c1-24-11-9-12-25(2)34(24)32-20-33-39-36(38-32)40-47(43,44)31-16-10-15-27(17-31)35(42)41(29(23-46-33)21-37(3,4)5)28-18-30(19-28)45-22-26-13-7-6-8-14-26/h6-17,20,28-30H,18-19,21-23H2,1-5H3,(H,38,39,40)/t28?,29-,30?/m1/s1. The average Bonchev–Trinajstić information content (AvgIpc) is 2.99. The molecule has 246 valence electrons. The van der Waals surface area contributed by atoms with Gasteiger partial charge in [-0.2, -0.15) is 4.98 Å². The molecule has 1 aromatic heterocycles. The zero-order valence-electron chi connectivity index (χ0n) is 27.6. The molecular weight excluding hydrogens is 612 g/mol. The van der Waals surface area contributed by atoms with Gasteiger partial charge in [-0.15, -0.1) is 0 Å². The third-order valence-electron chi connectivity index (χ3n) is 8.75. The topological polar surface area (TPSA) is 111 Å². The van der Waals surface area contributed by atoms with E-state index in [2.05, 4.69) is 35.5 Å². The van der Waals surface area contributed by atoms with Crippen LogP contribution in [-0.4, -0.2) is 54.0 Å². The molecule has 1 aliphatic carbocycles. The van der Waals surface area contributed by atoms with Crippen molar-refractivity contribution in [2.75, 3.05) is 11.3 Å². The van der Waals surface area contributed by atoms with Gasteiger partial charge in [0.15, 0.2) is 0 Å². The van der Waals surface area contributed by atoms with Gasteiger partial charge in [-0.25, -0.2) is 18.1 Å². The molecule has 0 radical (unpaired) electrons. The fourth-order valence-corrected chi connectivity index (χ4v) is 7.45. The predicted molar refractivity (Wildman–Crippen MR) is 182 cm³/mol. The van der Waals surface area contributed by atoms with Gasteiger partial charge in [0.2, 0.25) is 11.8 Å². The summed E-state index contributed by atoms with van der Waals surface area (Å²) in [5.74, 6) is -0.109. The zero-order valence-corrected chi connectivity index (χ0v) is 28.4. The lowest BCUT2D eigenvalue weighted by Gasteiger charge is -2.47. The van der Waals surface area contributed by atoms with Gasteiger partial charge >= 0.3 is 0 Å². The highest BCUT2D eigenvalue weighted by molar-refractivity contribution is 7.92. The summed E-state index contributed by atoms with van der Waals surface area (Å²) < 4.78 is 42.5. The van der Waals surface area contributed by atoms with E-state index in [0.717, 1.165) is 22.3 Å². The van der Waals surface area contributed by atoms with Crippen molar-refractivity contribution in [3.63, 3.8) is 0 Å². The summed E-state index contributed by atoms with van der Waals surface area (Å²) in [7, 11) is -4.14. The summed E-state index contributed by atoms with van der Waals surface area (Å²) in [5.41, 5.74) is 4.67. The highest BCUT2D eigenvalue weighted by Crippen LogP contribution is 2.36. The largest absolute Gasteiger partial charge is 0.475 e. The van der Waals surface area contributed by atoms with Gasteiger partial charge in [0.1, 0.15) is 6.61 Å². The van der Waals surface area contributed by atoms with Crippen LogP contribution in [0.4, 0.5) is 5.95 Å². The Balaban J connectivity index is 1.39. The van der Waals surface area contributed by atoms with Gasteiger partial charge in [0.25, 0.3) is 15.9 Å². The molecule has 6 rings (SSSR count). The van der Waals surface area contributed by atoms with Crippen LogP contribution >= 0.6 is 0 Å². The Kier molecular flexibility index (Phi) is 9.09. The number of nitrogens with zero attached hydrogens (tertiary/aromatic N) is 3. The minimum Gasteiger partial charge on any atom is -0.475 e. The van der Waals surface area contributed by atoms with Crippen LogP contribution in [0, 0.1) is 19.3 Å². The molecule has 1 fully saturated rings. The smallest absolute Gasteiger partial charge is 0.264 e. The van der Waals surface area contributed by atoms with Crippen LogP contribution in [0.1, 0.15) is 67.1 Å². The van der Waals surface area contributed by atoms with E-state index in [1.54, 1.807) is 18.2 Å². The zero-order chi connectivity index (χ0) is 33.3. The monoisotopic (exact) mass is 654 g/mol. The molecule has 1 amide bonds. The first kappa shape index (κ1) is 32.7. The fraction of sp³-hybridized carbons (Fsp3) is 0.378. The summed E-state index contributed by atoms with van der Waals surface area (Å²) >= 11 is 0. The van der Waals surface area contributed by atoms with Crippen molar-refractivity contribution in [3.05, 3.63) is 101 Å². The van der Waals surface area contributed by atoms with Gasteiger partial charge in [-0.1, -0.05) is 75.4 Å². The number of amides is 1. The summed E-state index contributed by atoms with van der Waals surface area (Å²) in [6, 6.07) is 23.5. The summed E-state index contributed by atoms with van der Waals surface area (Å²) in [6.45, 7) is 11.1. The van der Waals surface area contributed by atoms with E-state index in [0.29, 0.717) is 37.1 Å². The van der Waals surface area contributed by atoms with E-state index in [1.807, 2.05) is 67.3 Å². The van der Waals surface area contributed by atoms with Gasteiger partial charge in [-0.05, 0) is 73.4 Å². The van der Waals surface area contributed by atoms with Crippen molar-refractivity contribution in [3.8, 4) is 17.1 Å². The number of carbonyl (C=O) groups excluding carboxylic acids is 1. The summed E-state index contributed by atoms with van der Waals surface area (Å²) in [5, 5.41) is 0. The molecule has 1 aliphatic heterocycles. The van der Waals surface area contributed by atoms with Crippen LogP contribution in [0.5, 0.6) is 5.88 Å². The predicted octanol–water partition coefficient (Wildman–Crippen LogP) is 6.95. The number of ether oxygens (including phenoxy) is 2. The number of benzene rings is 3. The van der Waals surface area contributed by atoms with Crippen LogP contribution in [0.15, 0.2) is 83.8 Å². The normalized spacial score (nSPS) is 20.9. The van der Waals surface area contributed by atoms with E-state index in [-0.39, 0.29) is 52.8 Å². The molecule has 1 N–H and O–H groups in total. The molecule has 2 aliphatic rings. The van der Waals surface area contributed by atoms with E-state index in [1.165, 1.54) is 12.1 Å². The number of hydrogen-bond donors (Lipinski definition) is 1. The number of aryl methyl sites for hydroxylation is 2. The SMILES string of the molecule is Cc1cccc(C)c1-c1cc2nc(n1)NS(=O)(=O)c1cccc(c1)C(=O)N(C1CC(OCc3ccccc3)C1)[C@H](CC(C)(C)C)CO2. The number of carbonyl (C=O) groups is 1. The van der Waals surface area contributed by atoms with Crippen LogP contribution < -0.4 is 9.46 Å². The molecule has 9 nitrogen and oxygen atoms in total. The lowest BCUT2D eigenvalue weighted by atomic mass is 9.82. The van der Waals surface area contributed by atoms with Crippen molar-refractivity contribution in [1.82, 2.24) is 14.9 Å². The van der Waals surface area contributed by atoms with E-state index in [9.17, 15) is 13.2 Å². The molecule has 0 saturated heterocycles. The highest BCUT2D eigenvalue weighted by Gasteiger charge is 2.42. The van der Waals surface area contributed by atoms with E-state index in [4.69, 9.17) is 9.47 Å². The molecule has 0 unspecified atom stereocenters. The Morgan fingerprint density at radius 2 is 1.64 bits per heavy atom. The maximum atomic E-state index is 14.4. The first-order valence-electron chi connectivity index (χ1n) is 16.1. The third kappa shape index (κ3) is 7.49. The number of rotatable bonds is 6. The third-order valence-corrected chi connectivity index (χ3v) is 10.1. The van der Waals surface area contributed by atoms with Gasteiger partial charge < -0.3 is 14.4 Å². The van der Waals surface area contributed by atoms with Crippen molar-refractivity contribution in [2.45, 2.75) is 83.6 Å². The van der Waals surface area contributed by atoms with Crippen LogP contribution in [-0.2, 0) is 21.4 Å². The summed E-state index contributed by atoms with van der Waals surface area (Å²) in [6.07, 6.45) is 2.01. The molecule has 1 saturated carbocycles. The maximum Gasteiger partial charge on any atom is 0.264 e. The first-order valence-corrected chi connectivity index (χ1v) is 17.5. The number of hydrogen-bond acceptors (Lipinski definition) is 7. The van der Waals surface area contributed by atoms with Crippen molar-refractivity contribution in [1.29, 1.82) is 0 Å². The Bertz CT molecular complexity index is 1850. The number of sulfonamides is 1. The van der Waals surface area contributed by atoms with Crippen molar-refractivity contribution < 1.29 is 22.7 Å². The second kappa shape index (κ2) is 13.1. The minimum absolute atomic E-state index is 0.00837. The Labute approximate surface area is 277 Å². The van der Waals surface area contributed by atoms with E-state index >= 15 is 0 Å². The van der Waals surface area contributed by atoms with Crippen LogP contribution in [0.3, 0.4) is 0 Å². The highest BCUT2D eigenvalue weighted by atomic mass is 32.2. The molecular formula is C37H42N4O5S. The maximum absolute atomic E-state index is 14.4. The number of aromatic nitrogens is 2. The quantitative estimate of drug-likeness (QED) is 0.240. The molecule has 4 aromatic rings. The molecule has 4 bridgehead atoms. The number of fused-ring (bicyclic) bond motifs is 4. The van der Waals surface area contributed by atoms with Crippen molar-refractivity contribution in [2.24, 2.45) is 5.41 Å². The van der Waals surface area contributed by atoms with E-state index < -0.39 is 10.0 Å². The summed E-state index contributed by atoms with van der Waals surface area (Å²) in [4.78, 5) is 25.4. The molecule has 10 heteroatoms. The second-order valence-corrected chi connectivity index (χ2v) is 15.5. The number of nitrogens with one attached hydrogen (secondary N) is 1.